The fraction of sp³-hybridized carbons (Fsp3) is 0.438. The van der Waals surface area contributed by atoms with Gasteiger partial charge in [0.2, 0.25) is 0 Å². The number of fused-ring (bicyclic) bond motifs is 1. The van der Waals surface area contributed by atoms with Crippen molar-refractivity contribution in [3.63, 3.8) is 0 Å². The highest BCUT2D eigenvalue weighted by Crippen LogP contribution is 2.39. The zero-order valence-electron chi connectivity index (χ0n) is 24.2. The van der Waals surface area contributed by atoms with E-state index in [-0.39, 0.29) is 48.5 Å². The van der Waals surface area contributed by atoms with Crippen LogP contribution in [0.15, 0.2) is 48.9 Å². The molecule has 4 heterocycles. The Morgan fingerprint density at radius 2 is 1.95 bits per heavy atom. The Morgan fingerprint density at radius 1 is 1.16 bits per heavy atom. The van der Waals surface area contributed by atoms with E-state index in [2.05, 4.69) is 28.1 Å². The average Bonchev–Trinajstić information content (AvgIpc) is 3.36. The van der Waals surface area contributed by atoms with Crippen LogP contribution in [0.5, 0.6) is 0 Å². The summed E-state index contributed by atoms with van der Waals surface area (Å²) in [6.07, 6.45) is 7.62. The van der Waals surface area contributed by atoms with Gasteiger partial charge in [-0.1, -0.05) is 6.92 Å². The number of aromatic nitrogens is 4. The van der Waals surface area contributed by atoms with Crippen LogP contribution in [0.25, 0.3) is 16.8 Å². The molecule has 9 nitrogen and oxygen atoms in total. The zero-order chi connectivity index (χ0) is 30.1. The minimum Gasteiger partial charge on any atom is -0.375 e. The molecule has 4 atom stereocenters. The van der Waals surface area contributed by atoms with Crippen LogP contribution in [0.2, 0.25) is 0 Å². The van der Waals surface area contributed by atoms with Crippen molar-refractivity contribution in [2.24, 2.45) is 11.7 Å². The van der Waals surface area contributed by atoms with E-state index >= 15 is 8.78 Å². The third-order valence-electron chi connectivity index (χ3n) is 8.79. The maximum Gasteiger partial charge on any atom is 0.139 e. The third-order valence-corrected chi connectivity index (χ3v) is 8.79. The number of imidazole rings is 1. The lowest BCUT2D eigenvalue weighted by Gasteiger charge is -2.40. The molecule has 3 aromatic heterocycles. The molecule has 1 aromatic carbocycles. The summed E-state index contributed by atoms with van der Waals surface area (Å²) in [6.45, 7) is 3.00. The number of benzene rings is 1. The fourth-order valence-corrected chi connectivity index (χ4v) is 6.46. The summed E-state index contributed by atoms with van der Waals surface area (Å²) >= 11 is 0. The van der Waals surface area contributed by atoms with Crippen LogP contribution in [0, 0.1) is 28.9 Å². The molecule has 0 bridgehead atoms. The standard InChI is InChI=1S/C32H34F2N6O3/c1-19-10-20(11-27(36)31(19)43-9-3-7-35)24-6-8-37-15-21(24)12-29-38-16-23-4-5-28(39-40(23)29)30-25(33)13-22(14-26(30)34)32(41-2)17-42-18-32/h4-6,8,13-16,19-20,27,31H,3,9-12,17-18,36H2,1-2H3/t19-,20+,27+,31-/m0/s1. The van der Waals surface area contributed by atoms with E-state index in [1.807, 2.05) is 12.3 Å². The molecule has 1 saturated heterocycles. The molecule has 0 spiro atoms. The summed E-state index contributed by atoms with van der Waals surface area (Å²) < 4.78 is 49.1. The molecule has 2 fully saturated rings. The second-order valence-corrected chi connectivity index (χ2v) is 11.5. The van der Waals surface area contributed by atoms with Gasteiger partial charge in [-0.05, 0) is 71.7 Å². The molecule has 2 aliphatic rings. The molecule has 11 heteroatoms. The number of ether oxygens (including phenoxy) is 3. The highest BCUT2D eigenvalue weighted by atomic mass is 19.1. The second-order valence-electron chi connectivity index (χ2n) is 11.5. The van der Waals surface area contributed by atoms with Crippen molar-refractivity contribution >= 4 is 5.52 Å². The van der Waals surface area contributed by atoms with Crippen LogP contribution in [-0.4, -0.2) is 58.7 Å². The SMILES string of the molecule is COC1(c2cc(F)c(-c3ccc4cnc(Cc5cnccc5[C@H]5C[C@@H](N)[C@@H](OCCC#N)[C@@H](C)C5)n4n3)c(F)c2)COC1. The molecule has 4 aromatic rings. The molecule has 1 aliphatic carbocycles. The molecule has 0 radical (unpaired) electrons. The van der Waals surface area contributed by atoms with Gasteiger partial charge < -0.3 is 19.9 Å². The minimum absolute atomic E-state index is 0.0920. The molecule has 0 unspecified atom stereocenters. The van der Waals surface area contributed by atoms with Crippen molar-refractivity contribution in [1.82, 2.24) is 19.6 Å². The maximum absolute atomic E-state index is 15.4. The van der Waals surface area contributed by atoms with Crippen LogP contribution in [0.1, 0.15) is 54.6 Å². The monoisotopic (exact) mass is 588 g/mol. The zero-order valence-corrected chi connectivity index (χ0v) is 24.2. The number of hydrogen-bond donors (Lipinski definition) is 1. The highest BCUT2D eigenvalue weighted by Gasteiger charge is 2.42. The number of nitrogens with two attached hydrogens (primary N) is 1. The van der Waals surface area contributed by atoms with E-state index in [0.717, 1.165) is 24.0 Å². The topological polar surface area (TPSA) is 121 Å². The number of nitriles is 1. The smallest absolute Gasteiger partial charge is 0.139 e. The molecular weight excluding hydrogens is 554 g/mol. The lowest BCUT2D eigenvalue weighted by molar-refractivity contribution is -0.202. The van der Waals surface area contributed by atoms with Gasteiger partial charge in [0, 0.05) is 32.0 Å². The number of nitrogens with zero attached hydrogens (tertiary/aromatic N) is 5. The predicted molar refractivity (Wildman–Crippen MR) is 154 cm³/mol. The van der Waals surface area contributed by atoms with E-state index in [4.69, 9.17) is 25.2 Å². The second kappa shape index (κ2) is 12.1. The number of pyridine rings is 1. The van der Waals surface area contributed by atoms with Crippen molar-refractivity contribution in [2.75, 3.05) is 26.9 Å². The summed E-state index contributed by atoms with van der Waals surface area (Å²) in [6, 6.07) is 9.91. The first-order chi connectivity index (χ1) is 20.8. The van der Waals surface area contributed by atoms with Crippen molar-refractivity contribution in [3.05, 3.63) is 83.1 Å². The number of hydrogen-bond acceptors (Lipinski definition) is 8. The van der Waals surface area contributed by atoms with Gasteiger partial charge in [-0.3, -0.25) is 4.98 Å². The molecule has 0 amide bonds. The van der Waals surface area contributed by atoms with Gasteiger partial charge in [0.05, 0.1) is 61.4 Å². The molecule has 1 saturated carbocycles. The molecule has 43 heavy (non-hydrogen) atoms. The van der Waals surface area contributed by atoms with E-state index in [9.17, 15) is 0 Å². The highest BCUT2D eigenvalue weighted by molar-refractivity contribution is 5.63. The Kier molecular flexibility index (Phi) is 8.20. The Bertz CT molecular complexity index is 1630. The molecule has 1 aliphatic heterocycles. The Hall–Kier alpha value is -3.82. The summed E-state index contributed by atoms with van der Waals surface area (Å²) in [4.78, 5) is 8.98. The summed E-state index contributed by atoms with van der Waals surface area (Å²) in [5.74, 6) is -0.402. The van der Waals surface area contributed by atoms with E-state index in [1.165, 1.54) is 19.2 Å². The quantitative estimate of drug-likeness (QED) is 0.280. The van der Waals surface area contributed by atoms with Gasteiger partial charge in [-0.2, -0.15) is 10.4 Å². The first-order valence-electron chi connectivity index (χ1n) is 14.5. The summed E-state index contributed by atoms with van der Waals surface area (Å²) in [5, 5.41) is 13.5. The first kappa shape index (κ1) is 29.3. The van der Waals surface area contributed by atoms with Crippen molar-refractivity contribution in [1.29, 1.82) is 5.26 Å². The summed E-state index contributed by atoms with van der Waals surface area (Å²) in [7, 11) is 1.50. The van der Waals surface area contributed by atoms with Crippen molar-refractivity contribution in [3.8, 4) is 17.3 Å². The molecule has 2 N–H and O–H groups in total. The van der Waals surface area contributed by atoms with E-state index in [0.29, 0.717) is 36.4 Å². The number of halogens is 2. The van der Waals surface area contributed by atoms with Crippen LogP contribution in [0.4, 0.5) is 8.78 Å². The Balaban J connectivity index is 1.27. The average molecular weight is 589 g/mol. The van der Waals surface area contributed by atoms with E-state index in [1.54, 1.807) is 29.0 Å². The molecular formula is C32H34F2N6O3. The minimum atomic E-state index is -0.845. The number of methoxy groups -OCH3 is 1. The normalized spacial score (nSPS) is 23.2. The fourth-order valence-electron chi connectivity index (χ4n) is 6.46. The Morgan fingerprint density at radius 3 is 2.63 bits per heavy atom. The van der Waals surface area contributed by atoms with Crippen molar-refractivity contribution in [2.45, 2.75) is 56.3 Å². The lowest BCUT2D eigenvalue weighted by atomic mass is 9.73. The predicted octanol–water partition coefficient (Wildman–Crippen LogP) is 4.67. The van der Waals surface area contributed by atoms with Gasteiger partial charge in [0.25, 0.3) is 0 Å². The van der Waals surface area contributed by atoms with E-state index < -0.39 is 17.2 Å². The third kappa shape index (κ3) is 5.52. The van der Waals surface area contributed by atoms with Crippen LogP contribution in [0.3, 0.4) is 0 Å². The van der Waals surface area contributed by atoms with Gasteiger partial charge in [-0.25, -0.2) is 18.3 Å². The van der Waals surface area contributed by atoms with Crippen molar-refractivity contribution < 1.29 is 23.0 Å². The largest absolute Gasteiger partial charge is 0.375 e. The molecule has 224 valence electrons. The van der Waals surface area contributed by atoms with Gasteiger partial charge >= 0.3 is 0 Å². The Labute approximate surface area is 248 Å². The van der Waals surface area contributed by atoms with Crippen LogP contribution in [-0.2, 0) is 26.2 Å². The lowest BCUT2D eigenvalue weighted by Crippen LogP contribution is -2.48. The van der Waals surface area contributed by atoms with Gasteiger partial charge in [0.15, 0.2) is 0 Å². The van der Waals surface area contributed by atoms with Crippen LogP contribution < -0.4 is 5.73 Å². The summed E-state index contributed by atoms with van der Waals surface area (Å²) in [5.41, 5.74) is 8.89. The maximum atomic E-state index is 15.4. The van der Waals surface area contributed by atoms with Gasteiger partial charge in [-0.15, -0.1) is 0 Å². The first-order valence-corrected chi connectivity index (χ1v) is 14.5. The van der Waals surface area contributed by atoms with Crippen LogP contribution >= 0.6 is 0 Å². The number of rotatable bonds is 9. The molecule has 6 rings (SSSR count). The van der Waals surface area contributed by atoms with Gasteiger partial charge in [0.1, 0.15) is 23.1 Å².